The number of primary amides is 1. The van der Waals surface area contributed by atoms with Gasteiger partial charge in [0.15, 0.2) is 0 Å². The number of allylic oxidation sites excluding steroid dienone is 6. The molecule has 0 fully saturated rings. The maximum Gasteiger partial charge on any atom is 0.303 e. The summed E-state index contributed by atoms with van der Waals surface area (Å²) in [6, 6.07) is 0. The number of amides is 1. The topological polar surface area (TPSA) is 120 Å². The zero-order valence-corrected chi connectivity index (χ0v) is 30.6. The molecule has 0 heterocycles. The molecule has 4 N–H and O–H groups in total. The molecule has 0 saturated carbocycles. The molecule has 0 aliphatic heterocycles. The molecule has 1 rings (SSSR count). The fourth-order valence-electron chi connectivity index (χ4n) is 3.97. The number of hydrogen-bond acceptors (Lipinski definition) is 7. The van der Waals surface area contributed by atoms with E-state index in [9.17, 15) is 18.8 Å². The Kier molecular flexibility index (Phi) is 31.5. The highest BCUT2D eigenvalue weighted by atomic mass is 19.1. The molecular formula is C38H62FN3O5. The van der Waals surface area contributed by atoms with Crippen molar-refractivity contribution in [2.75, 3.05) is 26.2 Å². The summed E-state index contributed by atoms with van der Waals surface area (Å²) in [5, 5.41) is 6.72. The molecule has 0 aromatic carbocycles. The quantitative estimate of drug-likeness (QED) is 0.0521. The van der Waals surface area contributed by atoms with Crippen LogP contribution in [0.5, 0.6) is 0 Å². The van der Waals surface area contributed by atoms with E-state index in [1.54, 1.807) is 32.9 Å². The average Bonchev–Trinajstić information content (AvgIpc) is 3.20. The Balaban J connectivity index is -0.000000993. The number of rotatable bonds is 17. The predicted molar refractivity (Wildman–Crippen MR) is 193 cm³/mol. The minimum absolute atomic E-state index is 0.115. The van der Waals surface area contributed by atoms with Gasteiger partial charge in [0.2, 0.25) is 5.91 Å². The smallest absolute Gasteiger partial charge is 0.303 e. The lowest BCUT2D eigenvalue weighted by Crippen LogP contribution is -2.27. The maximum atomic E-state index is 14.2. The van der Waals surface area contributed by atoms with E-state index in [1.807, 2.05) is 32.9 Å². The van der Waals surface area contributed by atoms with E-state index in [0.29, 0.717) is 31.6 Å². The number of ether oxygens (including phenoxy) is 2. The first-order valence-electron chi connectivity index (χ1n) is 16.4. The summed E-state index contributed by atoms with van der Waals surface area (Å²) in [5.74, 6) is 8.71. The number of halogens is 1. The van der Waals surface area contributed by atoms with Crippen molar-refractivity contribution in [2.45, 2.75) is 113 Å². The van der Waals surface area contributed by atoms with E-state index >= 15 is 0 Å². The van der Waals surface area contributed by atoms with Crippen LogP contribution in [0.15, 0.2) is 47.4 Å². The molecule has 1 unspecified atom stereocenters. The van der Waals surface area contributed by atoms with Gasteiger partial charge in [0.1, 0.15) is 17.5 Å². The van der Waals surface area contributed by atoms with Gasteiger partial charge in [-0.25, -0.2) is 4.39 Å². The molecule has 0 saturated heterocycles. The Morgan fingerprint density at radius 1 is 1.15 bits per heavy atom. The zero-order chi connectivity index (χ0) is 36.7. The van der Waals surface area contributed by atoms with Crippen LogP contribution in [0.3, 0.4) is 0 Å². The van der Waals surface area contributed by atoms with Crippen molar-refractivity contribution < 1.29 is 28.2 Å². The van der Waals surface area contributed by atoms with Crippen molar-refractivity contribution in [3.8, 4) is 24.2 Å². The van der Waals surface area contributed by atoms with Gasteiger partial charge >= 0.3 is 5.97 Å². The van der Waals surface area contributed by atoms with Crippen LogP contribution in [-0.2, 0) is 23.9 Å². The van der Waals surface area contributed by atoms with Crippen LogP contribution in [0.1, 0.15) is 101 Å². The standard InChI is InChI=1S/C26H39FN2O2.C6H12O2.C3H7NO.C3H4/c1-5-9-23(10-6-2)18-29-19-24-11-7-12-25(15-14-24)26(22(4)27)13-8-16-28-17-21(3)31-20-30;1-5(7)8-6(2,3)4;1-2-3(4)5;1-3-2/h8,12-15,20-21,23-24,28-29H,5-6,9-10,16-19H2,1-4H3;1-4H3;2H2,1H3,(H2,4,5);1H,2H3/b13-8-,26-22-;;;/t21-,24?;;;/m0.../s1. The SMILES string of the molecule is C#CC.CC(=O)OC(C)(C)C.CCC(N)=O.CCCC(CCC)CNCC1C#CC=C(C(/C=C\CNC[C@H](C)OC=O)=C(/C)F)C=C1. The fourth-order valence-corrected chi connectivity index (χ4v) is 3.97. The minimum Gasteiger partial charge on any atom is -0.464 e. The Labute approximate surface area is 285 Å². The third kappa shape index (κ3) is 33.5. The largest absolute Gasteiger partial charge is 0.464 e. The first-order valence-corrected chi connectivity index (χ1v) is 16.4. The average molecular weight is 660 g/mol. The van der Waals surface area contributed by atoms with Gasteiger partial charge in [-0.05, 0) is 78.5 Å². The molecule has 266 valence electrons. The van der Waals surface area contributed by atoms with Crippen LogP contribution in [0.2, 0.25) is 0 Å². The Bertz CT molecular complexity index is 1090. The van der Waals surface area contributed by atoms with Gasteiger partial charge < -0.3 is 25.8 Å². The monoisotopic (exact) mass is 659 g/mol. The molecular weight excluding hydrogens is 597 g/mol. The van der Waals surface area contributed by atoms with Crippen LogP contribution in [0.25, 0.3) is 0 Å². The van der Waals surface area contributed by atoms with Gasteiger partial charge in [-0.15, -0.1) is 12.3 Å². The summed E-state index contributed by atoms with van der Waals surface area (Å²) < 4.78 is 23.8. The molecule has 1 amide bonds. The van der Waals surface area contributed by atoms with Gasteiger partial charge in [-0.3, -0.25) is 14.4 Å². The van der Waals surface area contributed by atoms with Crippen molar-refractivity contribution >= 4 is 18.3 Å². The highest BCUT2D eigenvalue weighted by Crippen LogP contribution is 2.21. The van der Waals surface area contributed by atoms with Crippen molar-refractivity contribution in [3.63, 3.8) is 0 Å². The number of terminal acetylenes is 1. The molecule has 47 heavy (non-hydrogen) atoms. The molecule has 0 bridgehead atoms. The molecule has 0 radical (unpaired) electrons. The lowest BCUT2D eigenvalue weighted by molar-refractivity contribution is -0.151. The van der Waals surface area contributed by atoms with Crippen LogP contribution >= 0.6 is 0 Å². The molecule has 1 aliphatic carbocycles. The second-order valence-electron chi connectivity index (χ2n) is 11.8. The maximum absolute atomic E-state index is 14.2. The van der Waals surface area contributed by atoms with Crippen LogP contribution in [0.4, 0.5) is 4.39 Å². The molecule has 9 heteroatoms. The summed E-state index contributed by atoms with van der Waals surface area (Å²) in [7, 11) is 0. The van der Waals surface area contributed by atoms with Crippen molar-refractivity contribution in [3.05, 3.63) is 47.4 Å². The first-order chi connectivity index (χ1) is 22.1. The second-order valence-corrected chi connectivity index (χ2v) is 11.8. The van der Waals surface area contributed by atoms with E-state index in [1.165, 1.54) is 39.5 Å². The Morgan fingerprint density at radius 3 is 2.15 bits per heavy atom. The Morgan fingerprint density at radius 2 is 1.72 bits per heavy atom. The van der Waals surface area contributed by atoms with Crippen LogP contribution in [-0.4, -0.2) is 56.2 Å². The van der Waals surface area contributed by atoms with Gasteiger partial charge in [-0.1, -0.05) is 69.8 Å². The van der Waals surface area contributed by atoms with Gasteiger partial charge in [0.05, 0.1) is 5.92 Å². The molecule has 1 aliphatic rings. The number of carbonyl (C=O) groups is 3. The van der Waals surface area contributed by atoms with E-state index in [4.69, 9.17) is 9.47 Å². The summed E-state index contributed by atoms with van der Waals surface area (Å²) in [6.07, 6.45) is 19.2. The van der Waals surface area contributed by atoms with Crippen LogP contribution in [0, 0.1) is 36.0 Å². The third-order valence-corrected chi connectivity index (χ3v) is 5.94. The molecule has 0 aromatic heterocycles. The van der Waals surface area contributed by atoms with Crippen molar-refractivity contribution in [1.82, 2.24) is 10.6 Å². The molecule has 2 atom stereocenters. The fraction of sp³-hybridized carbons (Fsp3) is 0.605. The van der Waals surface area contributed by atoms with E-state index in [-0.39, 0.29) is 35.3 Å². The van der Waals surface area contributed by atoms with Crippen LogP contribution < -0.4 is 16.4 Å². The number of nitrogens with two attached hydrogens (primary N) is 1. The first kappa shape index (κ1) is 47.7. The second kappa shape index (κ2) is 31.0. The van der Waals surface area contributed by atoms with Crippen molar-refractivity contribution in [2.24, 2.45) is 17.6 Å². The lowest BCUT2D eigenvalue weighted by atomic mass is 9.98. The van der Waals surface area contributed by atoms with E-state index < -0.39 is 0 Å². The van der Waals surface area contributed by atoms with E-state index in [2.05, 4.69) is 60.5 Å². The summed E-state index contributed by atoms with van der Waals surface area (Å²) >= 11 is 0. The summed E-state index contributed by atoms with van der Waals surface area (Å²) in [6.45, 7) is 21.4. The highest BCUT2D eigenvalue weighted by Gasteiger charge is 2.12. The molecule has 0 aromatic rings. The predicted octanol–water partition coefficient (Wildman–Crippen LogP) is 6.73. The van der Waals surface area contributed by atoms with E-state index in [0.717, 1.165) is 24.6 Å². The Hall–Kier alpha value is -3.66. The van der Waals surface area contributed by atoms with Gasteiger partial charge in [0.25, 0.3) is 6.47 Å². The molecule has 8 nitrogen and oxygen atoms in total. The number of esters is 1. The van der Waals surface area contributed by atoms with Gasteiger partial charge in [-0.2, -0.15) is 0 Å². The zero-order valence-electron chi connectivity index (χ0n) is 30.6. The summed E-state index contributed by atoms with van der Waals surface area (Å²) in [5.41, 5.74) is 5.63. The number of carbonyl (C=O) groups excluding carboxylic acids is 3. The van der Waals surface area contributed by atoms with Crippen molar-refractivity contribution in [1.29, 1.82) is 0 Å². The minimum atomic E-state index is -0.328. The normalized spacial score (nSPS) is 14.4. The summed E-state index contributed by atoms with van der Waals surface area (Å²) in [4.78, 5) is 30.1. The molecule has 0 spiro atoms. The number of nitrogens with one attached hydrogen (secondary N) is 2. The van der Waals surface area contributed by atoms with Gasteiger partial charge in [0, 0.05) is 38.6 Å². The third-order valence-electron chi connectivity index (χ3n) is 5.94. The lowest BCUT2D eigenvalue weighted by Gasteiger charge is -2.17. The highest BCUT2D eigenvalue weighted by molar-refractivity contribution is 5.73. The number of hydrogen-bond donors (Lipinski definition) is 3.